The zero-order valence-electron chi connectivity index (χ0n) is 24.6. The van der Waals surface area contributed by atoms with Crippen molar-refractivity contribution in [2.45, 2.75) is 71.1 Å². The molecule has 4 aromatic rings. The van der Waals surface area contributed by atoms with E-state index in [1.165, 1.54) is 33.5 Å². The van der Waals surface area contributed by atoms with Crippen molar-refractivity contribution in [2.75, 3.05) is 0 Å². The lowest BCUT2D eigenvalue weighted by atomic mass is 9.92. The molecule has 0 radical (unpaired) electrons. The molecular weight excluding hydrogens is 537 g/mol. The van der Waals surface area contributed by atoms with Gasteiger partial charge in [0.2, 0.25) is 0 Å². The van der Waals surface area contributed by atoms with Crippen LogP contribution < -0.4 is 20.6 Å². The summed E-state index contributed by atoms with van der Waals surface area (Å²) in [7, 11) is 1.67. The number of halogens is 1. The summed E-state index contributed by atoms with van der Waals surface area (Å²) in [6.45, 7) is 6.97. The fourth-order valence-electron chi connectivity index (χ4n) is 5.52. The fourth-order valence-corrected chi connectivity index (χ4v) is 5.52. The Balaban J connectivity index is 1.52. The topological polar surface area (TPSA) is 95.6 Å². The minimum atomic E-state index is -1.14. The lowest BCUT2D eigenvalue weighted by molar-refractivity contribution is 0.0786. The number of rotatable bonds is 7. The molecule has 9 heteroatoms. The van der Waals surface area contributed by atoms with E-state index in [2.05, 4.69) is 5.10 Å². The number of hydrogen-bond acceptors (Lipinski definition) is 6. The Hall–Kier alpha value is -4.24. The van der Waals surface area contributed by atoms with Gasteiger partial charge in [-0.05, 0) is 100 Å². The van der Waals surface area contributed by atoms with Crippen LogP contribution in [0.3, 0.4) is 0 Å². The summed E-state index contributed by atoms with van der Waals surface area (Å²) >= 11 is 0. The quantitative estimate of drug-likeness (QED) is 0.294. The third kappa shape index (κ3) is 6.16. The van der Waals surface area contributed by atoms with E-state index in [1.54, 1.807) is 65.3 Å². The number of pyridine rings is 1. The van der Waals surface area contributed by atoms with Crippen molar-refractivity contribution in [1.29, 1.82) is 0 Å². The van der Waals surface area contributed by atoms with Gasteiger partial charge in [-0.25, -0.2) is 9.07 Å². The van der Waals surface area contributed by atoms with Crippen LogP contribution in [0.2, 0.25) is 0 Å². The van der Waals surface area contributed by atoms with Gasteiger partial charge in [0.25, 0.3) is 11.1 Å². The van der Waals surface area contributed by atoms with Crippen LogP contribution in [-0.2, 0) is 12.6 Å². The summed E-state index contributed by atoms with van der Waals surface area (Å²) < 4.78 is 29.9. The minimum Gasteiger partial charge on any atom is -0.490 e. The van der Waals surface area contributed by atoms with Crippen LogP contribution >= 0.6 is 0 Å². The first-order valence-corrected chi connectivity index (χ1v) is 14.1. The van der Waals surface area contributed by atoms with E-state index in [0.29, 0.717) is 70.7 Å². The number of ether oxygens (including phenoxy) is 2. The van der Waals surface area contributed by atoms with E-state index in [1.807, 2.05) is 6.07 Å². The summed E-state index contributed by atoms with van der Waals surface area (Å²) in [6.07, 6.45) is 5.95. The molecule has 0 atom stereocenters. The molecule has 220 valence electrons. The van der Waals surface area contributed by atoms with Gasteiger partial charge in [0.05, 0.1) is 17.7 Å². The molecule has 1 N–H and O–H groups in total. The summed E-state index contributed by atoms with van der Waals surface area (Å²) in [5.74, 6) is 1.07. The Labute approximate surface area is 244 Å². The molecule has 0 aliphatic heterocycles. The minimum absolute atomic E-state index is 0.00711. The number of nitrogens with zero attached hydrogens (tertiary/aromatic N) is 3. The van der Waals surface area contributed by atoms with Crippen LogP contribution in [0.4, 0.5) is 4.39 Å². The zero-order chi connectivity index (χ0) is 30.2. The molecule has 0 unspecified atom stereocenters. The average molecular weight is 574 g/mol. The Kier molecular flexibility index (Phi) is 8.06. The lowest BCUT2D eigenvalue weighted by Gasteiger charge is -2.30. The molecule has 1 aliphatic carbocycles. The van der Waals surface area contributed by atoms with Crippen LogP contribution in [-0.4, -0.2) is 25.6 Å². The van der Waals surface area contributed by atoms with Crippen molar-refractivity contribution in [1.82, 2.24) is 14.3 Å². The van der Waals surface area contributed by atoms with Crippen LogP contribution in [0.25, 0.3) is 11.1 Å². The average Bonchev–Trinajstić information content (AvgIpc) is 2.93. The van der Waals surface area contributed by atoms with Gasteiger partial charge < -0.3 is 19.1 Å². The van der Waals surface area contributed by atoms with Crippen LogP contribution in [0.5, 0.6) is 17.2 Å². The van der Waals surface area contributed by atoms with Gasteiger partial charge in [-0.2, -0.15) is 5.10 Å². The first-order chi connectivity index (χ1) is 19.9. The molecule has 0 spiro atoms. The molecule has 2 aromatic heterocycles. The van der Waals surface area contributed by atoms with Crippen molar-refractivity contribution >= 4 is 0 Å². The third-order valence-corrected chi connectivity index (χ3v) is 7.83. The fraction of sp³-hybridized carbons (Fsp3) is 0.364. The van der Waals surface area contributed by atoms with Crippen LogP contribution in [0, 0.1) is 19.7 Å². The van der Waals surface area contributed by atoms with Crippen molar-refractivity contribution in [2.24, 2.45) is 7.05 Å². The second-order valence-corrected chi connectivity index (χ2v) is 11.6. The molecule has 1 fully saturated rings. The molecule has 1 saturated carbocycles. The number of aliphatic hydroxyl groups is 1. The maximum absolute atomic E-state index is 14.0. The second kappa shape index (κ2) is 11.6. The zero-order valence-corrected chi connectivity index (χ0v) is 24.6. The number of benzene rings is 2. The van der Waals surface area contributed by atoms with Gasteiger partial charge in [0.15, 0.2) is 0 Å². The first kappa shape index (κ1) is 29.3. The summed E-state index contributed by atoms with van der Waals surface area (Å²) in [6, 6.07) is 12.8. The van der Waals surface area contributed by atoms with Gasteiger partial charge in [0.1, 0.15) is 23.1 Å². The molecule has 0 saturated heterocycles. The van der Waals surface area contributed by atoms with E-state index in [-0.39, 0.29) is 29.1 Å². The normalized spacial score (nSPS) is 17.2. The summed E-state index contributed by atoms with van der Waals surface area (Å²) in [5, 5.41) is 15.1. The Morgan fingerprint density at radius 1 is 0.929 bits per heavy atom. The monoisotopic (exact) mass is 573 g/mol. The molecule has 2 heterocycles. The van der Waals surface area contributed by atoms with Gasteiger partial charge in [-0.1, -0.05) is 6.07 Å². The smallest absolute Gasteiger partial charge is 0.266 e. The van der Waals surface area contributed by atoms with Crippen molar-refractivity contribution in [3.05, 3.63) is 104 Å². The number of hydrogen-bond donors (Lipinski definition) is 1. The van der Waals surface area contributed by atoms with E-state index in [0.717, 1.165) is 0 Å². The molecule has 0 amide bonds. The largest absolute Gasteiger partial charge is 0.490 e. The maximum Gasteiger partial charge on any atom is 0.266 e. The van der Waals surface area contributed by atoms with Crippen LogP contribution in [0.15, 0.2) is 70.5 Å². The standard InChI is InChI=1S/C33H36FN3O5/c1-20-15-23(34)16-21(2)32(20)42-28-13-8-22(33(3,4)40)17-26(28)27-19-36(5)31(39)18-29(27)41-25-11-9-24(10-12-25)37-30(38)7-6-14-35-37/h6-8,13-19,24-25,40H,9-12H2,1-5H3. The van der Waals surface area contributed by atoms with E-state index >= 15 is 0 Å². The molecule has 8 nitrogen and oxygen atoms in total. The number of aromatic nitrogens is 3. The molecule has 1 aliphatic rings. The highest BCUT2D eigenvalue weighted by Crippen LogP contribution is 2.42. The van der Waals surface area contributed by atoms with Gasteiger partial charge >= 0.3 is 0 Å². The highest BCUT2D eigenvalue weighted by molar-refractivity contribution is 5.76. The van der Waals surface area contributed by atoms with Crippen molar-refractivity contribution in [3.8, 4) is 28.4 Å². The van der Waals surface area contributed by atoms with E-state index in [4.69, 9.17) is 9.47 Å². The lowest BCUT2D eigenvalue weighted by Crippen LogP contribution is -2.32. The highest BCUT2D eigenvalue weighted by Gasteiger charge is 2.27. The van der Waals surface area contributed by atoms with E-state index < -0.39 is 5.60 Å². The van der Waals surface area contributed by atoms with Crippen molar-refractivity contribution in [3.63, 3.8) is 0 Å². The molecule has 2 aromatic carbocycles. The molecule has 42 heavy (non-hydrogen) atoms. The third-order valence-electron chi connectivity index (χ3n) is 7.83. The Morgan fingerprint density at radius 2 is 1.62 bits per heavy atom. The molecule has 0 bridgehead atoms. The SMILES string of the molecule is Cc1cc(F)cc(C)c1Oc1ccc(C(C)(C)O)cc1-c1cn(C)c(=O)cc1OC1CCC(n2ncccc2=O)CC1. The van der Waals surface area contributed by atoms with E-state index in [9.17, 15) is 19.1 Å². The predicted molar refractivity (Wildman–Crippen MR) is 159 cm³/mol. The van der Waals surface area contributed by atoms with Gasteiger partial charge in [-0.15, -0.1) is 0 Å². The molecular formula is C33H36FN3O5. The van der Waals surface area contributed by atoms with Crippen LogP contribution in [0.1, 0.15) is 62.3 Å². The maximum atomic E-state index is 14.0. The predicted octanol–water partition coefficient (Wildman–Crippen LogP) is 5.95. The summed E-state index contributed by atoms with van der Waals surface area (Å²) in [5.41, 5.74) is 1.69. The number of aryl methyl sites for hydroxylation is 3. The van der Waals surface area contributed by atoms with Crippen molar-refractivity contribution < 1.29 is 19.0 Å². The van der Waals surface area contributed by atoms with Gasteiger partial charge in [-0.3, -0.25) is 9.59 Å². The Bertz CT molecular complexity index is 1710. The second-order valence-electron chi connectivity index (χ2n) is 11.6. The molecule has 5 rings (SSSR count). The summed E-state index contributed by atoms with van der Waals surface area (Å²) in [4.78, 5) is 25.1. The van der Waals surface area contributed by atoms with Gasteiger partial charge in [0, 0.05) is 42.7 Å². The Morgan fingerprint density at radius 3 is 2.26 bits per heavy atom. The highest BCUT2D eigenvalue weighted by atomic mass is 19.1. The first-order valence-electron chi connectivity index (χ1n) is 14.1.